The molecular weight excluding hydrogens is 585 g/mol. The van der Waals surface area contributed by atoms with Crippen molar-refractivity contribution in [2.75, 3.05) is 39.8 Å². The van der Waals surface area contributed by atoms with E-state index in [4.69, 9.17) is 4.74 Å². The minimum Gasteiger partial charge on any atom is -0.497 e. The second-order valence-electron chi connectivity index (χ2n) is 12.9. The van der Waals surface area contributed by atoms with E-state index in [1.165, 1.54) is 19.2 Å². The first-order valence-corrected chi connectivity index (χ1v) is 16.4. The molecule has 0 bridgehead atoms. The van der Waals surface area contributed by atoms with Crippen LogP contribution in [0.5, 0.6) is 5.75 Å². The molecule has 2 heterocycles. The summed E-state index contributed by atoms with van der Waals surface area (Å²) in [6.45, 7) is 5.08. The quantitative estimate of drug-likeness (QED) is 0.179. The van der Waals surface area contributed by atoms with Crippen LogP contribution in [0, 0.1) is 29.5 Å². The van der Waals surface area contributed by atoms with E-state index in [1.807, 2.05) is 30.3 Å². The number of aliphatic carboxylic acids is 2. The zero-order valence-electron chi connectivity index (χ0n) is 26.6. The Morgan fingerprint density at radius 2 is 1.33 bits per heavy atom. The third-order valence-electron chi connectivity index (χ3n) is 9.56. The van der Waals surface area contributed by atoms with Crippen molar-refractivity contribution >= 4 is 11.9 Å². The van der Waals surface area contributed by atoms with Crippen molar-refractivity contribution in [1.29, 1.82) is 0 Å². The van der Waals surface area contributed by atoms with Gasteiger partial charge < -0.3 is 25.6 Å². The summed E-state index contributed by atoms with van der Waals surface area (Å²) in [5.74, 6) is -1.96. The number of carboxylic acid groups (broad SMARTS) is 2. The standard InChI is InChI=1S/C37H46FN3O5/c1-46-33-17-27(16-32(38)20-33)10-13-41(23-28-6-2-4-25(14-28)18-34(36(42)43)30-8-11-39-21-30)24-29-7-3-5-26(15-29)19-35(37(44)45)31-9-12-40-22-31/h2-7,14-17,20,30-31,34-35,39-40H,8-13,18-19,21-24H2,1H3,(H,42,43)(H,44,45). The molecule has 0 aliphatic carbocycles. The molecule has 5 rings (SSSR count). The number of ether oxygens (including phenoxy) is 1. The van der Waals surface area contributed by atoms with Gasteiger partial charge in [0.25, 0.3) is 0 Å². The van der Waals surface area contributed by atoms with Crippen molar-refractivity contribution in [1.82, 2.24) is 15.5 Å². The van der Waals surface area contributed by atoms with Gasteiger partial charge in [0.1, 0.15) is 11.6 Å². The number of rotatable bonds is 16. The van der Waals surface area contributed by atoms with Crippen molar-refractivity contribution < 1.29 is 28.9 Å². The number of benzene rings is 3. The summed E-state index contributed by atoms with van der Waals surface area (Å²) in [6.07, 6.45) is 3.33. The molecule has 2 aliphatic heterocycles. The Labute approximate surface area is 271 Å². The maximum atomic E-state index is 14.3. The summed E-state index contributed by atoms with van der Waals surface area (Å²) < 4.78 is 19.6. The van der Waals surface area contributed by atoms with E-state index in [2.05, 4.69) is 39.8 Å². The predicted molar refractivity (Wildman–Crippen MR) is 175 cm³/mol. The molecule has 4 N–H and O–H groups in total. The smallest absolute Gasteiger partial charge is 0.307 e. The van der Waals surface area contributed by atoms with Crippen molar-refractivity contribution in [2.24, 2.45) is 23.7 Å². The predicted octanol–water partition coefficient (Wildman–Crippen LogP) is 4.78. The van der Waals surface area contributed by atoms with Crippen LogP contribution in [0.15, 0.2) is 66.7 Å². The van der Waals surface area contributed by atoms with Crippen LogP contribution in [-0.4, -0.2) is 66.9 Å². The average Bonchev–Trinajstić information content (AvgIpc) is 3.77. The summed E-state index contributed by atoms with van der Waals surface area (Å²) >= 11 is 0. The van der Waals surface area contributed by atoms with Crippen LogP contribution in [-0.2, 0) is 41.9 Å². The van der Waals surface area contributed by atoms with E-state index < -0.39 is 23.8 Å². The Morgan fingerprint density at radius 3 is 1.78 bits per heavy atom. The fourth-order valence-corrected chi connectivity index (χ4v) is 7.07. The number of carbonyl (C=O) groups is 2. The number of methoxy groups -OCH3 is 1. The van der Waals surface area contributed by atoms with Crippen LogP contribution in [0.25, 0.3) is 0 Å². The van der Waals surface area contributed by atoms with Gasteiger partial charge in [0.05, 0.1) is 18.9 Å². The van der Waals surface area contributed by atoms with E-state index in [1.54, 1.807) is 0 Å². The third-order valence-corrected chi connectivity index (χ3v) is 9.56. The van der Waals surface area contributed by atoms with Gasteiger partial charge in [0.2, 0.25) is 0 Å². The molecule has 246 valence electrons. The van der Waals surface area contributed by atoms with Crippen LogP contribution >= 0.6 is 0 Å². The van der Waals surface area contributed by atoms with Gasteiger partial charge in [-0.1, -0.05) is 48.5 Å². The van der Waals surface area contributed by atoms with Gasteiger partial charge in [0, 0.05) is 25.7 Å². The Balaban J connectivity index is 1.33. The molecule has 0 aromatic heterocycles. The van der Waals surface area contributed by atoms with Gasteiger partial charge >= 0.3 is 11.9 Å². The number of carboxylic acids is 2. The molecule has 4 atom stereocenters. The van der Waals surface area contributed by atoms with Gasteiger partial charge in [-0.2, -0.15) is 0 Å². The first-order chi connectivity index (χ1) is 22.3. The number of hydrogen-bond acceptors (Lipinski definition) is 6. The van der Waals surface area contributed by atoms with Crippen LogP contribution in [0.1, 0.15) is 40.7 Å². The Morgan fingerprint density at radius 1 is 0.804 bits per heavy atom. The summed E-state index contributed by atoms with van der Waals surface area (Å²) in [5, 5.41) is 26.5. The fraction of sp³-hybridized carbons (Fsp3) is 0.459. The molecule has 3 aromatic carbocycles. The highest BCUT2D eigenvalue weighted by Gasteiger charge is 2.31. The van der Waals surface area contributed by atoms with E-state index in [9.17, 15) is 24.2 Å². The molecule has 46 heavy (non-hydrogen) atoms. The second kappa shape index (κ2) is 16.2. The van der Waals surface area contributed by atoms with Crippen LogP contribution in [0.3, 0.4) is 0 Å². The molecule has 0 saturated carbocycles. The molecule has 9 heteroatoms. The Hall–Kier alpha value is -3.79. The molecule has 8 nitrogen and oxygen atoms in total. The molecule has 0 radical (unpaired) electrons. The van der Waals surface area contributed by atoms with E-state index >= 15 is 0 Å². The van der Waals surface area contributed by atoms with Crippen molar-refractivity contribution in [3.8, 4) is 5.75 Å². The topological polar surface area (TPSA) is 111 Å². The minimum atomic E-state index is -0.750. The molecule has 3 aromatic rings. The van der Waals surface area contributed by atoms with Gasteiger partial charge in [0.15, 0.2) is 0 Å². The van der Waals surface area contributed by atoms with Gasteiger partial charge in [-0.25, -0.2) is 4.39 Å². The van der Waals surface area contributed by atoms with Gasteiger partial charge in [-0.05, 0) is 110 Å². The monoisotopic (exact) mass is 631 g/mol. The molecule has 2 aliphatic rings. The second-order valence-corrected chi connectivity index (χ2v) is 12.9. The van der Waals surface area contributed by atoms with Crippen LogP contribution in [0.4, 0.5) is 4.39 Å². The van der Waals surface area contributed by atoms with Crippen molar-refractivity contribution in [2.45, 2.75) is 45.2 Å². The lowest BCUT2D eigenvalue weighted by atomic mass is 9.86. The number of nitrogens with one attached hydrogen (secondary N) is 2. The maximum Gasteiger partial charge on any atom is 0.307 e. The minimum absolute atomic E-state index is 0.124. The lowest BCUT2D eigenvalue weighted by molar-refractivity contribution is -0.144. The highest BCUT2D eigenvalue weighted by Crippen LogP contribution is 2.26. The van der Waals surface area contributed by atoms with E-state index in [0.29, 0.717) is 44.6 Å². The number of halogens is 1. The molecule has 2 fully saturated rings. The molecule has 4 unspecified atom stereocenters. The molecule has 0 spiro atoms. The lowest BCUT2D eigenvalue weighted by Gasteiger charge is -2.24. The molecule has 2 saturated heterocycles. The van der Waals surface area contributed by atoms with E-state index in [0.717, 1.165) is 66.8 Å². The lowest BCUT2D eigenvalue weighted by Crippen LogP contribution is -2.28. The average molecular weight is 632 g/mol. The Kier molecular flexibility index (Phi) is 11.8. The zero-order valence-corrected chi connectivity index (χ0v) is 26.6. The summed E-state index contributed by atoms with van der Waals surface area (Å²) in [4.78, 5) is 26.6. The number of nitrogens with zero attached hydrogens (tertiary/aromatic N) is 1. The summed E-state index contributed by atoms with van der Waals surface area (Å²) in [6, 6.07) is 21.1. The first kappa shape index (κ1) is 33.6. The third kappa shape index (κ3) is 9.37. The first-order valence-electron chi connectivity index (χ1n) is 16.4. The Bertz CT molecular complexity index is 1390. The van der Waals surface area contributed by atoms with Gasteiger partial charge in [-0.3, -0.25) is 14.5 Å². The maximum absolute atomic E-state index is 14.3. The normalized spacial score (nSPS) is 19.3. The van der Waals surface area contributed by atoms with Crippen molar-refractivity contribution in [3.05, 3.63) is 100 Å². The van der Waals surface area contributed by atoms with Crippen LogP contribution in [0.2, 0.25) is 0 Å². The summed E-state index contributed by atoms with van der Waals surface area (Å²) in [7, 11) is 1.53. The highest BCUT2D eigenvalue weighted by molar-refractivity contribution is 5.71. The molecule has 0 amide bonds. The van der Waals surface area contributed by atoms with Crippen LogP contribution < -0.4 is 15.4 Å². The largest absolute Gasteiger partial charge is 0.497 e. The number of hydrogen-bond donors (Lipinski definition) is 4. The summed E-state index contributed by atoms with van der Waals surface area (Å²) in [5.41, 5.74) is 5.02. The van der Waals surface area contributed by atoms with E-state index in [-0.39, 0.29) is 17.7 Å². The SMILES string of the molecule is COc1cc(F)cc(CCN(Cc2cccc(CC(C(=O)O)C3CCNC3)c2)Cc2cccc(CC(C(=O)O)C3CCNC3)c2)c1. The fourth-order valence-electron chi connectivity index (χ4n) is 7.07. The van der Waals surface area contributed by atoms with Crippen molar-refractivity contribution in [3.63, 3.8) is 0 Å². The zero-order chi connectivity index (χ0) is 32.5. The molecular formula is C37H46FN3O5. The highest BCUT2D eigenvalue weighted by atomic mass is 19.1. The van der Waals surface area contributed by atoms with Gasteiger partial charge in [-0.15, -0.1) is 0 Å².